The number of sulfonamides is 1. The largest absolute Gasteiger partial charge is 0.339 e. The summed E-state index contributed by atoms with van der Waals surface area (Å²) in [6, 6.07) is 12.3. The van der Waals surface area contributed by atoms with Crippen molar-refractivity contribution >= 4 is 21.6 Å². The van der Waals surface area contributed by atoms with E-state index >= 15 is 0 Å². The van der Waals surface area contributed by atoms with Gasteiger partial charge in [-0.15, -0.1) is 0 Å². The number of hydrogen-bond acceptors (Lipinski definition) is 3. The fraction of sp³-hybridized carbons (Fsp3) is 0.435. The maximum atomic E-state index is 12.8. The Bertz CT molecular complexity index is 976. The predicted octanol–water partition coefficient (Wildman–Crippen LogP) is 4.75. The number of anilines is 1. The van der Waals surface area contributed by atoms with Crippen LogP contribution in [0.4, 0.5) is 5.69 Å². The Balaban J connectivity index is 1.71. The summed E-state index contributed by atoms with van der Waals surface area (Å²) in [5.41, 5.74) is 2.59. The summed E-state index contributed by atoms with van der Waals surface area (Å²) in [7, 11) is -1.82. The van der Waals surface area contributed by atoms with Crippen molar-refractivity contribution in [3.8, 4) is 0 Å². The maximum absolute atomic E-state index is 12.8. The third-order valence-corrected chi connectivity index (χ3v) is 7.39. The van der Waals surface area contributed by atoms with Crippen LogP contribution < -0.4 is 4.72 Å². The summed E-state index contributed by atoms with van der Waals surface area (Å²) in [6.07, 6.45) is 4.39. The molecule has 0 bridgehead atoms. The van der Waals surface area contributed by atoms with Crippen molar-refractivity contribution in [2.75, 3.05) is 11.8 Å². The van der Waals surface area contributed by atoms with Crippen LogP contribution in [0, 0.1) is 19.8 Å². The molecule has 5 nitrogen and oxygen atoms in total. The fourth-order valence-electron chi connectivity index (χ4n) is 3.89. The summed E-state index contributed by atoms with van der Waals surface area (Å²) in [4.78, 5) is 14.9. The minimum absolute atomic E-state index is 0.0199. The van der Waals surface area contributed by atoms with Crippen molar-refractivity contribution in [3.05, 3.63) is 59.2 Å². The molecule has 0 aliphatic heterocycles. The monoisotopic (exact) mass is 414 g/mol. The van der Waals surface area contributed by atoms with Crippen LogP contribution in [0.15, 0.2) is 47.4 Å². The van der Waals surface area contributed by atoms with E-state index < -0.39 is 10.0 Å². The Hall–Kier alpha value is -2.34. The van der Waals surface area contributed by atoms with E-state index in [1.54, 1.807) is 43.3 Å². The highest BCUT2D eigenvalue weighted by molar-refractivity contribution is 7.92. The first-order valence-corrected chi connectivity index (χ1v) is 11.6. The van der Waals surface area contributed by atoms with Crippen LogP contribution in [0.1, 0.15) is 54.1 Å². The number of benzene rings is 2. The Morgan fingerprint density at radius 1 is 1.00 bits per heavy atom. The quantitative estimate of drug-likeness (QED) is 0.767. The molecule has 0 aromatic heterocycles. The fourth-order valence-corrected chi connectivity index (χ4v) is 5.28. The van der Waals surface area contributed by atoms with Crippen LogP contribution in [-0.4, -0.2) is 32.3 Å². The van der Waals surface area contributed by atoms with E-state index in [1.807, 2.05) is 24.9 Å². The first kappa shape index (κ1) is 21.4. The topological polar surface area (TPSA) is 66.5 Å². The first-order valence-electron chi connectivity index (χ1n) is 10.1. The van der Waals surface area contributed by atoms with Gasteiger partial charge in [0.15, 0.2) is 0 Å². The van der Waals surface area contributed by atoms with Gasteiger partial charge in [0, 0.05) is 24.3 Å². The van der Waals surface area contributed by atoms with Gasteiger partial charge in [-0.2, -0.15) is 0 Å². The Morgan fingerprint density at radius 2 is 1.62 bits per heavy atom. The second-order valence-corrected chi connectivity index (χ2v) is 9.93. The van der Waals surface area contributed by atoms with Crippen LogP contribution in [0.5, 0.6) is 0 Å². The van der Waals surface area contributed by atoms with Gasteiger partial charge in [-0.1, -0.05) is 19.1 Å². The van der Waals surface area contributed by atoms with Gasteiger partial charge in [-0.3, -0.25) is 9.52 Å². The van der Waals surface area contributed by atoms with Gasteiger partial charge in [-0.05, 0) is 86.9 Å². The normalized spacial score (nSPS) is 19.6. The Kier molecular flexibility index (Phi) is 6.32. The van der Waals surface area contributed by atoms with Gasteiger partial charge in [0.25, 0.3) is 15.9 Å². The molecule has 0 unspecified atom stereocenters. The van der Waals surface area contributed by atoms with E-state index in [2.05, 4.69) is 11.6 Å². The SMILES string of the molecule is Cc1ccc(C)c(S(=O)(=O)Nc2ccc(C(=O)N(C)C3CCC(C)CC3)cc2)c1. The average molecular weight is 415 g/mol. The molecule has 1 aliphatic rings. The van der Waals surface area contributed by atoms with Crippen LogP contribution in [0.25, 0.3) is 0 Å². The van der Waals surface area contributed by atoms with Gasteiger partial charge in [0.1, 0.15) is 0 Å². The molecule has 0 spiro atoms. The van der Waals surface area contributed by atoms with Crippen molar-refractivity contribution in [1.82, 2.24) is 4.90 Å². The highest BCUT2D eigenvalue weighted by Crippen LogP contribution is 2.27. The molecule has 0 atom stereocenters. The average Bonchev–Trinajstić information content (AvgIpc) is 2.69. The van der Waals surface area contributed by atoms with Crippen LogP contribution in [-0.2, 0) is 10.0 Å². The highest BCUT2D eigenvalue weighted by Gasteiger charge is 2.25. The molecule has 1 saturated carbocycles. The third kappa shape index (κ3) is 4.99. The lowest BCUT2D eigenvalue weighted by atomic mass is 9.86. The number of nitrogens with zero attached hydrogens (tertiary/aromatic N) is 1. The third-order valence-electron chi connectivity index (χ3n) is 5.87. The summed E-state index contributed by atoms with van der Waals surface area (Å²) < 4.78 is 28.1. The molecule has 0 saturated heterocycles. The molecule has 0 heterocycles. The smallest absolute Gasteiger partial charge is 0.262 e. The first-order chi connectivity index (χ1) is 13.7. The van der Waals surface area contributed by atoms with E-state index in [4.69, 9.17) is 0 Å². The van der Waals surface area contributed by atoms with Gasteiger partial charge < -0.3 is 4.90 Å². The molecule has 1 N–H and O–H groups in total. The number of aryl methyl sites for hydroxylation is 2. The summed E-state index contributed by atoms with van der Waals surface area (Å²) in [5.74, 6) is 0.715. The number of amides is 1. The molecule has 2 aromatic rings. The molecule has 3 rings (SSSR count). The second-order valence-electron chi connectivity index (χ2n) is 8.28. The van der Waals surface area contributed by atoms with Crippen molar-refractivity contribution in [1.29, 1.82) is 0 Å². The molecule has 0 radical (unpaired) electrons. The highest BCUT2D eigenvalue weighted by atomic mass is 32.2. The molecular formula is C23H30N2O3S. The molecule has 156 valence electrons. The number of carbonyl (C=O) groups is 1. The lowest BCUT2D eigenvalue weighted by Gasteiger charge is -2.33. The number of rotatable bonds is 5. The second kappa shape index (κ2) is 8.57. The molecule has 29 heavy (non-hydrogen) atoms. The zero-order chi connectivity index (χ0) is 21.2. The Labute approximate surface area is 174 Å². The van der Waals surface area contributed by atoms with Crippen molar-refractivity contribution in [2.24, 2.45) is 5.92 Å². The maximum Gasteiger partial charge on any atom is 0.262 e. The minimum Gasteiger partial charge on any atom is -0.339 e. The molecule has 1 aliphatic carbocycles. The number of carbonyl (C=O) groups excluding carboxylic acids is 1. The van der Waals surface area contributed by atoms with Gasteiger partial charge in [0.05, 0.1) is 4.90 Å². The van der Waals surface area contributed by atoms with Crippen LogP contribution in [0.3, 0.4) is 0 Å². The van der Waals surface area contributed by atoms with Gasteiger partial charge in [0.2, 0.25) is 0 Å². The molecule has 1 amide bonds. The van der Waals surface area contributed by atoms with Crippen molar-refractivity contribution in [3.63, 3.8) is 0 Å². The van der Waals surface area contributed by atoms with Gasteiger partial charge >= 0.3 is 0 Å². The van der Waals surface area contributed by atoms with Crippen LogP contribution >= 0.6 is 0 Å². The van der Waals surface area contributed by atoms with E-state index in [-0.39, 0.29) is 16.8 Å². The molecular weight excluding hydrogens is 384 g/mol. The number of hydrogen-bond donors (Lipinski definition) is 1. The zero-order valence-corrected chi connectivity index (χ0v) is 18.4. The lowest BCUT2D eigenvalue weighted by Crippen LogP contribution is -2.39. The molecule has 1 fully saturated rings. The Morgan fingerprint density at radius 3 is 2.24 bits per heavy atom. The summed E-state index contributed by atoms with van der Waals surface area (Å²) in [5, 5.41) is 0. The van der Waals surface area contributed by atoms with Crippen LogP contribution in [0.2, 0.25) is 0 Å². The van der Waals surface area contributed by atoms with Crippen molar-refractivity contribution < 1.29 is 13.2 Å². The van der Waals surface area contributed by atoms with E-state index in [0.29, 0.717) is 16.8 Å². The summed E-state index contributed by atoms with van der Waals surface area (Å²) >= 11 is 0. The zero-order valence-electron chi connectivity index (χ0n) is 17.6. The van der Waals surface area contributed by atoms with E-state index in [1.165, 1.54) is 0 Å². The van der Waals surface area contributed by atoms with Gasteiger partial charge in [-0.25, -0.2) is 8.42 Å². The van der Waals surface area contributed by atoms with Crippen molar-refractivity contribution in [2.45, 2.75) is 57.4 Å². The van der Waals surface area contributed by atoms with E-state index in [9.17, 15) is 13.2 Å². The predicted molar refractivity (Wildman–Crippen MR) is 117 cm³/mol. The standard InChI is InChI=1S/C23H30N2O3S/c1-16-6-13-21(14-7-16)25(4)23(26)19-9-11-20(12-10-19)24-29(27,28)22-15-17(2)5-8-18(22)3/h5,8-12,15-16,21,24H,6-7,13-14H2,1-4H3. The minimum atomic E-state index is -3.68. The lowest BCUT2D eigenvalue weighted by molar-refractivity contribution is 0.0679. The summed E-state index contributed by atoms with van der Waals surface area (Å²) in [6.45, 7) is 5.90. The molecule has 2 aromatic carbocycles. The number of nitrogens with one attached hydrogen (secondary N) is 1. The van der Waals surface area contributed by atoms with E-state index in [0.717, 1.165) is 37.2 Å². The molecule has 6 heteroatoms.